The van der Waals surface area contributed by atoms with Crippen molar-refractivity contribution in [1.82, 2.24) is 4.90 Å². The molecule has 1 rings (SSSR count). The minimum Gasteiger partial charge on any atom is -0.478 e. The number of amides is 2. The average Bonchev–Trinajstić information content (AvgIpc) is 2.30. The lowest BCUT2D eigenvalue weighted by atomic mass is 10.00. The Kier molecular flexibility index (Phi) is 2.55. The Hall–Kier alpha value is -1.46. The van der Waals surface area contributed by atoms with Gasteiger partial charge >= 0.3 is 5.97 Å². The molecule has 3 unspecified atom stereocenters. The van der Waals surface area contributed by atoms with Crippen molar-refractivity contribution in [3.63, 3.8) is 0 Å². The van der Waals surface area contributed by atoms with Crippen LogP contribution in [0.1, 0.15) is 13.8 Å². The number of likely N-dealkylation sites (tertiary alicyclic amines) is 1. The third-order valence-electron chi connectivity index (χ3n) is 2.43. The van der Waals surface area contributed by atoms with Crippen molar-refractivity contribution in [2.75, 3.05) is 0 Å². The zero-order valence-electron chi connectivity index (χ0n) is 7.73. The Balaban J connectivity index is 2.96. The summed E-state index contributed by atoms with van der Waals surface area (Å²) < 4.78 is 13.0. The van der Waals surface area contributed by atoms with E-state index in [-0.39, 0.29) is 4.90 Å². The van der Waals surface area contributed by atoms with E-state index < -0.39 is 35.9 Å². The van der Waals surface area contributed by atoms with Gasteiger partial charge in [-0.05, 0) is 0 Å². The molecule has 1 fully saturated rings. The highest BCUT2D eigenvalue weighted by Crippen LogP contribution is 2.27. The minimum atomic E-state index is -2.57. The molecule has 0 saturated carbocycles. The van der Waals surface area contributed by atoms with Gasteiger partial charge in [0.05, 0.1) is 0 Å². The molecule has 0 aromatic rings. The number of carboxylic acid groups (broad SMARTS) is 1. The predicted molar refractivity (Wildman–Crippen MR) is 42.7 cm³/mol. The molecule has 0 bridgehead atoms. The smallest absolute Gasteiger partial charge is 0.360 e. The first-order valence-corrected chi connectivity index (χ1v) is 4.11. The van der Waals surface area contributed by atoms with Crippen molar-refractivity contribution < 1.29 is 23.9 Å². The number of carbonyl (C=O) groups is 3. The molecule has 5 nitrogen and oxygen atoms in total. The second-order valence-electron chi connectivity index (χ2n) is 3.30. The van der Waals surface area contributed by atoms with E-state index >= 15 is 0 Å². The number of imide groups is 1. The summed E-state index contributed by atoms with van der Waals surface area (Å²) in [5, 5.41) is 8.33. The SMILES string of the molecule is CC1C(=O)N(C(F)C(=O)O)C(=O)C1C. The summed E-state index contributed by atoms with van der Waals surface area (Å²) in [7, 11) is 0. The number of hydrogen-bond acceptors (Lipinski definition) is 3. The topological polar surface area (TPSA) is 74.7 Å². The van der Waals surface area contributed by atoms with Crippen LogP contribution in [-0.4, -0.2) is 34.1 Å². The third-order valence-corrected chi connectivity index (χ3v) is 2.43. The molecule has 1 aliphatic heterocycles. The Bertz CT molecular complexity index is 284. The summed E-state index contributed by atoms with van der Waals surface area (Å²) in [4.78, 5) is 33.0. The van der Waals surface area contributed by atoms with E-state index in [9.17, 15) is 18.8 Å². The molecule has 6 heteroatoms. The van der Waals surface area contributed by atoms with Crippen molar-refractivity contribution in [2.45, 2.75) is 20.1 Å². The first kappa shape index (κ1) is 10.6. The molecule has 0 aromatic carbocycles. The van der Waals surface area contributed by atoms with Crippen LogP contribution in [0.2, 0.25) is 0 Å². The molecule has 0 aliphatic carbocycles. The molecule has 14 heavy (non-hydrogen) atoms. The van der Waals surface area contributed by atoms with E-state index in [1.54, 1.807) is 0 Å². The average molecular weight is 203 g/mol. The zero-order valence-corrected chi connectivity index (χ0v) is 7.73. The van der Waals surface area contributed by atoms with Crippen LogP contribution in [0.25, 0.3) is 0 Å². The van der Waals surface area contributed by atoms with Crippen LogP contribution < -0.4 is 0 Å². The second-order valence-corrected chi connectivity index (χ2v) is 3.30. The Morgan fingerprint density at radius 2 is 1.71 bits per heavy atom. The fourth-order valence-corrected chi connectivity index (χ4v) is 1.31. The summed E-state index contributed by atoms with van der Waals surface area (Å²) in [6.07, 6.45) is -2.57. The first-order chi connectivity index (χ1) is 6.37. The lowest BCUT2D eigenvalue weighted by Crippen LogP contribution is -2.42. The molecule has 0 spiro atoms. The highest BCUT2D eigenvalue weighted by Gasteiger charge is 2.47. The highest BCUT2D eigenvalue weighted by atomic mass is 19.1. The highest BCUT2D eigenvalue weighted by molar-refractivity contribution is 6.06. The number of rotatable bonds is 2. The molecule has 1 aliphatic rings. The summed E-state index contributed by atoms with van der Waals surface area (Å²) in [6.45, 7) is 2.94. The van der Waals surface area contributed by atoms with E-state index in [2.05, 4.69) is 0 Å². The van der Waals surface area contributed by atoms with E-state index in [1.165, 1.54) is 13.8 Å². The zero-order chi connectivity index (χ0) is 11.0. The molecule has 78 valence electrons. The van der Waals surface area contributed by atoms with Crippen LogP contribution in [-0.2, 0) is 14.4 Å². The maximum absolute atomic E-state index is 13.0. The van der Waals surface area contributed by atoms with Crippen LogP contribution >= 0.6 is 0 Å². The number of carbonyl (C=O) groups excluding carboxylic acids is 2. The summed E-state index contributed by atoms with van der Waals surface area (Å²) >= 11 is 0. The molecule has 0 aromatic heterocycles. The maximum atomic E-state index is 13.0. The van der Waals surface area contributed by atoms with Crippen LogP contribution in [0.3, 0.4) is 0 Å². The summed E-state index contributed by atoms with van der Waals surface area (Å²) in [6, 6.07) is 0. The van der Waals surface area contributed by atoms with Gasteiger partial charge in [0.1, 0.15) is 0 Å². The van der Waals surface area contributed by atoms with E-state index in [4.69, 9.17) is 5.11 Å². The number of carboxylic acids is 1. The van der Waals surface area contributed by atoms with Gasteiger partial charge in [0.15, 0.2) is 0 Å². The van der Waals surface area contributed by atoms with Crippen LogP contribution in [0.4, 0.5) is 4.39 Å². The van der Waals surface area contributed by atoms with Crippen molar-refractivity contribution >= 4 is 17.8 Å². The maximum Gasteiger partial charge on any atom is 0.360 e. The molecule has 3 atom stereocenters. The van der Waals surface area contributed by atoms with Gasteiger partial charge in [-0.15, -0.1) is 0 Å². The molecular formula is C8H10FNO4. The van der Waals surface area contributed by atoms with Crippen molar-refractivity contribution in [2.24, 2.45) is 11.8 Å². The molecule has 0 radical (unpaired) electrons. The summed E-state index contributed by atoms with van der Waals surface area (Å²) in [5.41, 5.74) is 0. The van der Waals surface area contributed by atoms with E-state index in [0.717, 1.165) is 0 Å². The quantitative estimate of drug-likeness (QED) is 0.506. The Morgan fingerprint density at radius 1 is 1.36 bits per heavy atom. The molecular weight excluding hydrogens is 193 g/mol. The van der Waals surface area contributed by atoms with Gasteiger partial charge in [0, 0.05) is 11.8 Å². The van der Waals surface area contributed by atoms with Gasteiger partial charge in [-0.3, -0.25) is 9.59 Å². The fraction of sp³-hybridized carbons (Fsp3) is 0.625. The number of hydrogen-bond donors (Lipinski definition) is 1. The predicted octanol–water partition coefficient (Wildman–Crippen LogP) is 0.00760. The second kappa shape index (κ2) is 3.36. The standard InChI is InChI=1S/C8H10FNO4/c1-3-4(2)7(12)10(6(3)11)5(9)8(13)14/h3-5H,1-2H3,(H,13,14). The Labute approximate surface area is 79.5 Å². The number of nitrogens with zero attached hydrogens (tertiary/aromatic N) is 1. The van der Waals surface area contributed by atoms with Crippen LogP contribution in [0.5, 0.6) is 0 Å². The van der Waals surface area contributed by atoms with Crippen molar-refractivity contribution in [3.8, 4) is 0 Å². The molecule has 2 amide bonds. The lowest BCUT2D eigenvalue weighted by molar-refractivity contribution is -0.162. The van der Waals surface area contributed by atoms with Crippen molar-refractivity contribution in [1.29, 1.82) is 0 Å². The Morgan fingerprint density at radius 3 is 2.00 bits per heavy atom. The lowest BCUT2D eigenvalue weighted by Gasteiger charge is -2.15. The third kappa shape index (κ3) is 1.36. The van der Waals surface area contributed by atoms with Crippen molar-refractivity contribution in [3.05, 3.63) is 0 Å². The van der Waals surface area contributed by atoms with E-state index in [0.29, 0.717) is 0 Å². The normalized spacial score (nSPS) is 29.5. The minimum absolute atomic E-state index is 0.178. The largest absolute Gasteiger partial charge is 0.478 e. The fourth-order valence-electron chi connectivity index (χ4n) is 1.31. The van der Waals surface area contributed by atoms with Gasteiger partial charge < -0.3 is 5.11 Å². The van der Waals surface area contributed by atoms with Gasteiger partial charge in [-0.2, -0.15) is 0 Å². The number of alkyl halides is 1. The first-order valence-electron chi connectivity index (χ1n) is 4.11. The van der Waals surface area contributed by atoms with Gasteiger partial charge in [0.2, 0.25) is 11.8 Å². The number of aliphatic carboxylic acids is 1. The van der Waals surface area contributed by atoms with Gasteiger partial charge in [-0.25, -0.2) is 14.1 Å². The monoisotopic (exact) mass is 203 g/mol. The van der Waals surface area contributed by atoms with Gasteiger partial charge in [-0.1, -0.05) is 13.8 Å². The molecule has 1 heterocycles. The van der Waals surface area contributed by atoms with Crippen LogP contribution in [0.15, 0.2) is 0 Å². The molecule has 1 N–H and O–H groups in total. The van der Waals surface area contributed by atoms with E-state index in [1.807, 2.05) is 0 Å². The van der Waals surface area contributed by atoms with Gasteiger partial charge in [0.25, 0.3) is 6.30 Å². The van der Waals surface area contributed by atoms with Crippen LogP contribution in [0, 0.1) is 11.8 Å². The summed E-state index contributed by atoms with van der Waals surface area (Å²) in [5.74, 6) is -4.66. The molecule has 1 saturated heterocycles. The number of halogens is 1.